The summed E-state index contributed by atoms with van der Waals surface area (Å²) in [7, 11) is 0. The van der Waals surface area contributed by atoms with Crippen LogP contribution in [0.4, 0.5) is 5.69 Å². The predicted molar refractivity (Wildman–Crippen MR) is 90.3 cm³/mol. The number of benzene rings is 1. The molecule has 1 heterocycles. The van der Waals surface area contributed by atoms with E-state index in [2.05, 4.69) is 26.2 Å². The van der Waals surface area contributed by atoms with Crippen molar-refractivity contribution in [2.24, 2.45) is 5.73 Å². The Hall–Kier alpha value is -1.66. The van der Waals surface area contributed by atoms with Crippen molar-refractivity contribution in [3.8, 4) is 0 Å². The van der Waals surface area contributed by atoms with Crippen molar-refractivity contribution >= 4 is 38.5 Å². The lowest BCUT2D eigenvalue weighted by Gasteiger charge is -2.29. The van der Waals surface area contributed by atoms with Crippen LogP contribution < -0.4 is 11.1 Å². The SMILES string of the molecule is NC1CCCC(Nc2c(C(=O)O)cnc3ccc(Br)cc23)C1. The molecule has 0 amide bonds. The highest BCUT2D eigenvalue weighted by Gasteiger charge is 2.22. The zero-order valence-corrected chi connectivity index (χ0v) is 13.6. The topological polar surface area (TPSA) is 88.2 Å². The summed E-state index contributed by atoms with van der Waals surface area (Å²) < 4.78 is 0.896. The highest BCUT2D eigenvalue weighted by Crippen LogP contribution is 2.31. The first-order valence-corrected chi connectivity index (χ1v) is 8.17. The molecule has 22 heavy (non-hydrogen) atoms. The molecule has 3 rings (SSSR count). The number of anilines is 1. The summed E-state index contributed by atoms with van der Waals surface area (Å²) in [6.45, 7) is 0. The molecule has 0 aliphatic heterocycles. The molecule has 1 saturated carbocycles. The first kappa shape index (κ1) is 15.2. The molecule has 1 aliphatic carbocycles. The number of aromatic carboxylic acids is 1. The molecular weight excluding hydrogens is 346 g/mol. The third kappa shape index (κ3) is 3.08. The summed E-state index contributed by atoms with van der Waals surface area (Å²) in [4.78, 5) is 15.8. The fourth-order valence-corrected chi connectivity index (χ4v) is 3.41. The van der Waals surface area contributed by atoms with Crippen LogP contribution in [0.15, 0.2) is 28.9 Å². The Balaban J connectivity index is 2.05. The fraction of sp³-hybridized carbons (Fsp3) is 0.375. The minimum atomic E-state index is -0.975. The van der Waals surface area contributed by atoms with E-state index in [1.54, 1.807) is 0 Å². The second-order valence-electron chi connectivity index (χ2n) is 5.78. The smallest absolute Gasteiger partial charge is 0.339 e. The number of nitrogens with zero attached hydrogens (tertiary/aromatic N) is 1. The fourth-order valence-electron chi connectivity index (χ4n) is 3.05. The zero-order valence-electron chi connectivity index (χ0n) is 12.1. The zero-order chi connectivity index (χ0) is 15.7. The van der Waals surface area contributed by atoms with Crippen LogP contribution in [0.1, 0.15) is 36.0 Å². The molecule has 0 spiro atoms. The number of carbonyl (C=O) groups is 1. The second kappa shape index (κ2) is 6.22. The third-order valence-electron chi connectivity index (χ3n) is 4.12. The number of aromatic nitrogens is 1. The number of carboxylic acids is 1. The maximum absolute atomic E-state index is 11.5. The number of nitrogens with one attached hydrogen (secondary N) is 1. The van der Waals surface area contributed by atoms with Crippen LogP contribution in [-0.4, -0.2) is 28.1 Å². The van der Waals surface area contributed by atoms with Gasteiger partial charge in [-0.2, -0.15) is 0 Å². The lowest BCUT2D eigenvalue weighted by atomic mass is 9.91. The van der Waals surface area contributed by atoms with Gasteiger partial charge in [-0.3, -0.25) is 4.98 Å². The van der Waals surface area contributed by atoms with Gasteiger partial charge in [0, 0.05) is 28.1 Å². The van der Waals surface area contributed by atoms with Gasteiger partial charge in [0.2, 0.25) is 0 Å². The highest BCUT2D eigenvalue weighted by molar-refractivity contribution is 9.10. The number of carboxylic acid groups (broad SMARTS) is 1. The Bertz CT molecular complexity index is 720. The van der Waals surface area contributed by atoms with Gasteiger partial charge in [-0.05, 0) is 43.9 Å². The monoisotopic (exact) mass is 363 g/mol. The van der Waals surface area contributed by atoms with Crippen LogP contribution in [0, 0.1) is 0 Å². The van der Waals surface area contributed by atoms with Crippen LogP contribution in [0.2, 0.25) is 0 Å². The van der Waals surface area contributed by atoms with Crippen molar-refractivity contribution in [3.63, 3.8) is 0 Å². The van der Waals surface area contributed by atoms with E-state index in [4.69, 9.17) is 5.73 Å². The largest absolute Gasteiger partial charge is 0.478 e. The Labute approximate surface area is 137 Å². The maximum atomic E-state index is 11.5. The van der Waals surface area contributed by atoms with E-state index in [1.807, 2.05) is 18.2 Å². The normalized spacial score (nSPS) is 21.7. The minimum Gasteiger partial charge on any atom is -0.478 e. The van der Waals surface area contributed by atoms with Crippen LogP contribution in [0.5, 0.6) is 0 Å². The van der Waals surface area contributed by atoms with E-state index in [1.165, 1.54) is 6.20 Å². The van der Waals surface area contributed by atoms with Crippen molar-refractivity contribution in [1.82, 2.24) is 4.98 Å². The average molecular weight is 364 g/mol. The molecule has 1 aliphatic rings. The van der Waals surface area contributed by atoms with Crippen LogP contribution >= 0.6 is 15.9 Å². The van der Waals surface area contributed by atoms with Crippen molar-refractivity contribution in [2.75, 3.05) is 5.32 Å². The Morgan fingerprint density at radius 2 is 2.23 bits per heavy atom. The number of nitrogens with two attached hydrogens (primary N) is 1. The molecule has 0 saturated heterocycles. The van der Waals surface area contributed by atoms with Crippen molar-refractivity contribution in [3.05, 3.63) is 34.4 Å². The maximum Gasteiger partial charge on any atom is 0.339 e. The number of hydrogen-bond donors (Lipinski definition) is 3. The number of halogens is 1. The molecule has 0 radical (unpaired) electrons. The van der Waals surface area contributed by atoms with E-state index in [0.717, 1.165) is 41.1 Å². The lowest BCUT2D eigenvalue weighted by molar-refractivity contribution is 0.0697. The molecule has 116 valence electrons. The summed E-state index contributed by atoms with van der Waals surface area (Å²) in [5.41, 5.74) is 7.65. The van der Waals surface area contributed by atoms with Gasteiger partial charge in [0.1, 0.15) is 5.56 Å². The molecule has 1 aromatic heterocycles. The third-order valence-corrected chi connectivity index (χ3v) is 4.62. The Morgan fingerprint density at radius 3 is 2.95 bits per heavy atom. The average Bonchev–Trinajstić information content (AvgIpc) is 2.47. The van der Waals surface area contributed by atoms with Crippen molar-refractivity contribution < 1.29 is 9.90 Å². The number of hydrogen-bond acceptors (Lipinski definition) is 4. The van der Waals surface area contributed by atoms with Crippen molar-refractivity contribution in [2.45, 2.75) is 37.8 Å². The first-order chi connectivity index (χ1) is 10.5. The van der Waals surface area contributed by atoms with Gasteiger partial charge in [0.15, 0.2) is 0 Å². The Kier molecular flexibility index (Phi) is 4.31. The molecule has 1 aromatic carbocycles. The molecule has 6 heteroatoms. The summed E-state index contributed by atoms with van der Waals surface area (Å²) in [6.07, 6.45) is 5.38. The first-order valence-electron chi connectivity index (χ1n) is 7.38. The molecule has 2 aromatic rings. The minimum absolute atomic E-state index is 0.180. The lowest BCUT2D eigenvalue weighted by Crippen LogP contribution is -2.35. The summed E-state index contributed by atoms with van der Waals surface area (Å²) in [5.74, 6) is -0.975. The van der Waals surface area contributed by atoms with E-state index in [9.17, 15) is 9.90 Å². The molecular formula is C16H18BrN3O2. The van der Waals surface area contributed by atoms with Gasteiger partial charge >= 0.3 is 5.97 Å². The quantitative estimate of drug-likeness (QED) is 0.777. The highest BCUT2D eigenvalue weighted by atomic mass is 79.9. The summed E-state index contributed by atoms with van der Waals surface area (Å²) in [6, 6.07) is 6.06. The van der Waals surface area contributed by atoms with Gasteiger partial charge < -0.3 is 16.2 Å². The van der Waals surface area contributed by atoms with Gasteiger partial charge in [0.25, 0.3) is 0 Å². The van der Waals surface area contributed by atoms with Gasteiger partial charge in [0.05, 0.1) is 11.2 Å². The molecule has 5 nitrogen and oxygen atoms in total. The van der Waals surface area contributed by atoms with Crippen LogP contribution in [0.25, 0.3) is 10.9 Å². The van der Waals surface area contributed by atoms with Crippen LogP contribution in [0.3, 0.4) is 0 Å². The summed E-state index contributed by atoms with van der Waals surface area (Å²) >= 11 is 3.44. The standard InChI is InChI=1S/C16H18BrN3O2/c17-9-4-5-14-12(6-9)15(13(8-19-14)16(21)22)20-11-3-1-2-10(18)7-11/h4-6,8,10-11H,1-3,7,18H2,(H,19,20)(H,21,22). The van der Waals surface area contributed by atoms with Gasteiger partial charge in [-0.1, -0.05) is 15.9 Å². The molecule has 2 atom stereocenters. The van der Waals surface area contributed by atoms with E-state index in [0.29, 0.717) is 5.69 Å². The molecule has 0 bridgehead atoms. The summed E-state index contributed by atoms with van der Waals surface area (Å²) in [5, 5.41) is 13.7. The second-order valence-corrected chi connectivity index (χ2v) is 6.70. The number of pyridine rings is 1. The predicted octanol–water partition coefficient (Wildman–Crippen LogP) is 3.38. The van der Waals surface area contributed by atoms with E-state index < -0.39 is 5.97 Å². The Morgan fingerprint density at radius 1 is 1.41 bits per heavy atom. The van der Waals surface area contributed by atoms with E-state index in [-0.39, 0.29) is 17.6 Å². The molecule has 4 N–H and O–H groups in total. The van der Waals surface area contributed by atoms with Gasteiger partial charge in [-0.25, -0.2) is 4.79 Å². The van der Waals surface area contributed by atoms with Crippen molar-refractivity contribution in [1.29, 1.82) is 0 Å². The number of rotatable bonds is 3. The van der Waals surface area contributed by atoms with E-state index >= 15 is 0 Å². The molecule has 2 unspecified atom stereocenters. The molecule has 1 fully saturated rings. The van der Waals surface area contributed by atoms with Crippen LogP contribution in [-0.2, 0) is 0 Å². The van der Waals surface area contributed by atoms with Gasteiger partial charge in [-0.15, -0.1) is 0 Å². The number of fused-ring (bicyclic) bond motifs is 1.